The Morgan fingerprint density at radius 3 is 2.24 bits per heavy atom. The molecule has 94 valence electrons. The standard InChI is InChI=1S/C13H20N2O2/c1-8-2-5-11(7-14-8)15-12(16)9-3-4-10(6-9)13(15)17/h8-11,14H,2-7H2,1H3. The Morgan fingerprint density at radius 2 is 1.71 bits per heavy atom. The lowest BCUT2D eigenvalue weighted by Gasteiger charge is -2.39. The summed E-state index contributed by atoms with van der Waals surface area (Å²) in [5, 5.41) is 3.37. The van der Waals surface area contributed by atoms with Crippen molar-refractivity contribution in [2.45, 2.75) is 51.1 Å². The number of carbonyl (C=O) groups excluding carboxylic acids is 2. The number of hydrogen-bond donors (Lipinski definition) is 1. The van der Waals surface area contributed by atoms with Crippen molar-refractivity contribution in [1.29, 1.82) is 0 Å². The topological polar surface area (TPSA) is 49.4 Å². The minimum Gasteiger partial charge on any atom is -0.312 e. The molecule has 4 heteroatoms. The molecule has 2 aliphatic heterocycles. The predicted octanol–water partition coefficient (Wildman–Crippen LogP) is 0.912. The van der Waals surface area contributed by atoms with Gasteiger partial charge in [-0.25, -0.2) is 0 Å². The van der Waals surface area contributed by atoms with Crippen LogP contribution in [0.2, 0.25) is 0 Å². The van der Waals surface area contributed by atoms with Crippen molar-refractivity contribution in [3.05, 3.63) is 0 Å². The Morgan fingerprint density at radius 1 is 1.06 bits per heavy atom. The molecule has 2 amide bonds. The first-order chi connectivity index (χ1) is 8.16. The molecule has 0 aromatic heterocycles. The van der Waals surface area contributed by atoms with Crippen LogP contribution in [0.1, 0.15) is 39.0 Å². The van der Waals surface area contributed by atoms with Gasteiger partial charge in [0.25, 0.3) is 0 Å². The zero-order chi connectivity index (χ0) is 12.0. The van der Waals surface area contributed by atoms with Crippen LogP contribution in [0.25, 0.3) is 0 Å². The zero-order valence-electron chi connectivity index (χ0n) is 10.3. The van der Waals surface area contributed by atoms with E-state index in [1.165, 1.54) is 0 Å². The zero-order valence-corrected chi connectivity index (χ0v) is 10.3. The number of fused-ring (bicyclic) bond motifs is 2. The molecule has 3 fully saturated rings. The first kappa shape index (κ1) is 11.2. The van der Waals surface area contributed by atoms with Gasteiger partial charge in [0.1, 0.15) is 0 Å². The van der Waals surface area contributed by atoms with Crippen LogP contribution in [0.3, 0.4) is 0 Å². The third-order valence-corrected chi connectivity index (χ3v) is 4.61. The molecule has 3 aliphatic rings. The van der Waals surface area contributed by atoms with E-state index in [1.54, 1.807) is 4.90 Å². The molecule has 2 bridgehead atoms. The quantitative estimate of drug-likeness (QED) is 0.689. The van der Waals surface area contributed by atoms with Gasteiger partial charge in [-0.1, -0.05) is 0 Å². The van der Waals surface area contributed by atoms with Crippen molar-refractivity contribution in [2.24, 2.45) is 11.8 Å². The average Bonchev–Trinajstić information content (AvgIpc) is 2.76. The number of hydrogen-bond acceptors (Lipinski definition) is 3. The monoisotopic (exact) mass is 236 g/mol. The lowest BCUT2D eigenvalue weighted by atomic mass is 9.92. The number of likely N-dealkylation sites (tertiary alicyclic amines) is 1. The van der Waals surface area contributed by atoms with Crippen molar-refractivity contribution >= 4 is 11.8 Å². The van der Waals surface area contributed by atoms with Crippen LogP contribution < -0.4 is 5.32 Å². The highest BCUT2D eigenvalue weighted by Gasteiger charge is 2.47. The number of rotatable bonds is 1. The van der Waals surface area contributed by atoms with Crippen molar-refractivity contribution in [3.8, 4) is 0 Å². The summed E-state index contributed by atoms with van der Waals surface area (Å²) in [6.07, 6.45) is 4.66. The van der Waals surface area contributed by atoms with Crippen molar-refractivity contribution in [2.75, 3.05) is 6.54 Å². The van der Waals surface area contributed by atoms with Crippen LogP contribution in [0, 0.1) is 11.8 Å². The van der Waals surface area contributed by atoms with Gasteiger partial charge in [0.2, 0.25) is 11.8 Å². The Bertz CT molecular complexity index is 325. The van der Waals surface area contributed by atoms with Gasteiger partial charge in [0.15, 0.2) is 0 Å². The third kappa shape index (κ3) is 1.79. The van der Waals surface area contributed by atoms with Crippen LogP contribution >= 0.6 is 0 Å². The highest BCUT2D eigenvalue weighted by Crippen LogP contribution is 2.39. The van der Waals surface area contributed by atoms with E-state index in [0.29, 0.717) is 6.04 Å². The number of nitrogens with zero attached hydrogens (tertiary/aromatic N) is 1. The molecule has 4 atom stereocenters. The smallest absolute Gasteiger partial charge is 0.232 e. The van der Waals surface area contributed by atoms with Gasteiger partial charge in [-0.3, -0.25) is 14.5 Å². The Balaban J connectivity index is 1.77. The number of carbonyl (C=O) groups is 2. The van der Waals surface area contributed by atoms with Gasteiger partial charge in [0.05, 0.1) is 6.04 Å². The molecule has 0 radical (unpaired) electrons. The lowest BCUT2D eigenvalue weighted by molar-refractivity contribution is -0.156. The number of piperidine rings is 2. The van der Waals surface area contributed by atoms with Gasteiger partial charge in [-0.15, -0.1) is 0 Å². The summed E-state index contributed by atoms with van der Waals surface area (Å²) in [6.45, 7) is 2.93. The Hall–Kier alpha value is -0.900. The minimum atomic E-state index is 0.102. The van der Waals surface area contributed by atoms with Crippen molar-refractivity contribution in [1.82, 2.24) is 10.2 Å². The molecule has 17 heavy (non-hydrogen) atoms. The maximum Gasteiger partial charge on any atom is 0.232 e. The molecule has 2 saturated heterocycles. The molecule has 0 aromatic rings. The second-order valence-corrected chi connectivity index (χ2v) is 5.79. The van der Waals surface area contributed by atoms with Crippen molar-refractivity contribution in [3.63, 3.8) is 0 Å². The van der Waals surface area contributed by atoms with E-state index in [4.69, 9.17) is 0 Å². The second kappa shape index (κ2) is 4.09. The average molecular weight is 236 g/mol. The molecule has 3 rings (SSSR count). The predicted molar refractivity (Wildman–Crippen MR) is 63.2 cm³/mol. The summed E-state index contributed by atoms with van der Waals surface area (Å²) in [4.78, 5) is 26.1. The van der Waals surface area contributed by atoms with Crippen LogP contribution in [-0.4, -0.2) is 35.3 Å². The summed E-state index contributed by atoms with van der Waals surface area (Å²) in [6, 6.07) is 0.618. The first-order valence-corrected chi connectivity index (χ1v) is 6.77. The second-order valence-electron chi connectivity index (χ2n) is 5.79. The molecule has 1 N–H and O–H groups in total. The van der Waals surface area contributed by atoms with E-state index in [2.05, 4.69) is 12.2 Å². The van der Waals surface area contributed by atoms with Gasteiger partial charge in [-0.05, 0) is 39.0 Å². The number of imide groups is 1. The molecule has 0 spiro atoms. The number of amides is 2. The van der Waals surface area contributed by atoms with E-state index in [9.17, 15) is 9.59 Å². The molecular weight excluding hydrogens is 216 g/mol. The molecule has 2 heterocycles. The summed E-state index contributed by atoms with van der Waals surface area (Å²) >= 11 is 0. The Labute approximate surface area is 102 Å². The van der Waals surface area contributed by atoms with Crippen molar-refractivity contribution < 1.29 is 9.59 Å². The summed E-state index contributed by atoms with van der Waals surface area (Å²) in [7, 11) is 0. The van der Waals surface area contributed by atoms with E-state index in [0.717, 1.165) is 38.6 Å². The molecule has 4 unspecified atom stereocenters. The maximum atomic E-state index is 12.3. The van der Waals surface area contributed by atoms with Gasteiger partial charge in [0, 0.05) is 24.4 Å². The maximum absolute atomic E-state index is 12.3. The lowest BCUT2D eigenvalue weighted by Crippen LogP contribution is -2.57. The molecule has 0 aromatic carbocycles. The third-order valence-electron chi connectivity index (χ3n) is 4.61. The molecule has 4 nitrogen and oxygen atoms in total. The highest BCUT2D eigenvalue weighted by molar-refractivity contribution is 6.01. The summed E-state index contributed by atoms with van der Waals surface area (Å²) in [5.74, 6) is 0.476. The highest BCUT2D eigenvalue weighted by atomic mass is 16.2. The van der Waals surface area contributed by atoms with Gasteiger partial charge < -0.3 is 5.32 Å². The van der Waals surface area contributed by atoms with Gasteiger partial charge >= 0.3 is 0 Å². The fraction of sp³-hybridized carbons (Fsp3) is 0.846. The van der Waals surface area contributed by atoms with Gasteiger partial charge in [-0.2, -0.15) is 0 Å². The minimum absolute atomic E-state index is 0.102. The van der Waals surface area contributed by atoms with Crippen LogP contribution in [0.4, 0.5) is 0 Å². The van der Waals surface area contributed by atoms with E-state index in [1.807, 2.05) is 0 Å². The van der Waals surface area contributed by atoms with E-state index >= 15 is 0 Å². The molecule has 1 aliphatic carbocycles. The molecular formula is C13H20N2O2. The van der Waals surface area contributed by atoms with Crippen LogP contribution in [0.15, 0.2) is 0 Å². The normalized spacial score (nSPS) is 42.1. The Kier molecular flexibility index (Phi) is 2.69. The van der Waals surface area contributed by atoms with Crippen LogP contribution in [0.5, 0.6) is 0 Å². The number of nitrogens with one attached hydrogen (secondary N) is 1. The fourth-order valence-electron chi connectivity index (χ4n) is 3.50. The van der Waals surface area contributed by atoms with Crippen LogP contribution in [-0.2, 0) is 9.59 Å². The largest absolute Gasteiger partial charge is 0.312 e. The first-order valence-electron chi connectivity index (χ1n) is 6.77. The molecule has 1 saturated carbocycles. The fourth-order valence-corrected chi connectivity index (χ4v) is 3.50. The van der Waals surface area contributed by atoms with E-state index in [-0.39, 0.29) is 29.7 Å². The summed E-state index contributed by atoms with van der Waals surface area (Å²) < 4.78 is 0. The summed E-state index contributed by atoms with van der Waals surface area (Å²) in [5.41, 5.74) is 0. The SMILES string of the molecule is CC1CCC(N2C(=O)C3CCC(C3)C2=O)CN1. The van der Waals surface area contributed by atoms with E-state index < -0.39 is 0 Å².